The molecule has 0 bridgehead atoms. The average molecular weight is 321 g/mol. The van der Waals surface area contributed by atoms with E-state index in [1.165, 1.54) is 101 Å². The van der Waals surface area contributed by atoms with Gasteiger partial charge in [-0.15, -0.1) is 11.7 Å². The van der Waals surface area contributed by atoms with Gasteiger partial charge in [0.25, 0.3) is 0 Å². The maximum absolute atomic E-state index is 4.79. The van der Waals surface area contributed by atoms with Gasteiger partial charge in [-0.05, 0) is 24.3 Å². The largest absolute Gasteiger partial charge is 0.208 e. The van der Waals surface area contributed by atoms with E-state index in [9.17, 15) is 0 Å². The molecule has 2 heteroatoms. The number of unbranched alkanes of at least 4 members (excludes halogenated alkanes) is 12. The monoisotopic (exact) mass is 320 g/mol. The van der Waals surface area contributed by atoms with E-state index >= 15 is 0 Å². The van der Waals surface area contributed by atoms with Crippen LogP contribution >= 0.6 is 21.6 Å². The molecule has 0 aromatic heterocycles. The summed E-state index contributed by atoms with van der Waals surface area (Å²) in [4.78, 5) is 0. The number of hydrogen-bond acceptors (Lipinski definition) is 1. The number of thiol groups is 2. The zero-order valence-electron chi connectivity index (χ0n) is 14.2. The van der Waals surface area contributed by atoms with Crippen molar-refractivity contribution in [1.82, 2.24) is 0 Å². The average Bonchev–Trinajstić information content (AvgIpc) is 2.45. The van der Waals surface area contributed by atoms with Crippen LogP contribution in [0.3, 0.4) is 0 Å². The van der Waals surface area contributed by atoms with Gasteiger partial charge >= 0.3 is 0 Å². The van der Waals surface area contributed by atoms with Crippen LogP contribution in [0.1, 0.15) is 104 Å². The zero-order valence-corrected chi connectivity index (χ0v) is 16.0. The molecular formula is C18H40S2. The molecule has 0 saturated heterocycles. The van der Waals surface area contributed by atoms with E-state index in [1.807, 2.05) is 0 Å². The first-order valence-corrected chi connectivity index (χ1v) is 12.1. The summed E-state index contributed by atoms with van der Waals surface area (Å²) in [6, 6.07) is 0. The van der Waals surface area contributed by atoms with Gasteiger partial charge in [0.15, 0.2) is 0 Å². The van der Waals surface area contributed by atoms with Crippen molar-refractivity contribution >= 4 is 21.6 Å². The normalized spacial score (nSPS) is 13.7. The topological polar surface area (TPSA) is 0 Å². The van der Waals surface area contributed by atoms with Gasteiger partial charge in [0.2, 0.25) is 0 Å². The minimum Gasteiger partial charge on any atom is -0.208 e. The highest BCUT2D eigenvalue weighted by Gasteiger charge is 1.99. The summed E-state index contributed by atoms with van der Waals surface area (Å²) in [5.41, 5.74) is 0. The first-order valence-electron chi connectivity index (χ1n) is 9.25. The molecule has 0 N–H and O–H groups in total. The van der Waals surface area contributed by atoms with Gasteiger partial charge in [0, 0.05) is 0 Å². The van der Waals surface area contributed by atoms with E-state index in [-0.39, 0.29) is 9.93 Å². The Morgan fingerprint density at radius 1 is 0.500 bits per heavy atom. The van der Waals surface area contributed by atoms with Crippen molar-refractivity contribution in [3.63, 3.8) is 0 Å². The fraction of sp³-hybridized carbons (Fsp3) is 1.00. The molecule has 0 aromatic rings. The highest BCUT2D eigenvalue weighted by molar-refractivity contribution is 8.78. The molecule has 0 fully saturated rings. The molecule has 0 rings (SSSR count). The SMILES string of the molecule is CCCCCCCCCCCC[SH](S)CCCCCC. The van der Waals surface area contributed by atoms with E-state index in [0.29, 0.717) is 0 Å². The highest BCUT2D eigenvalue weighted by atomic mass is 33.1. The Morgan fingerprint density at radius 3 is 1.20 bits per heavy atom. The quantitative estimate of drug-likeness (QED) is 0.166. The predicted octanol–water partition coefficient (Wildman–Crippen LogP) is 7.33. The Kier molecular flexibility index (Phi) is 18.4. The summed E-state index contributed by atoms with van der Waals surface area (Å²) in [6.07, 6.45) is 20.1. The molecule has 0 amide bonds. The van der Waals surface area contributed by atoms with E-state index in [4.69, 9.17) is 11.7 Å². The van der Waals surface area contributed by atoms with Crippen LogP contribution in [0, 0.1) is 0 Å². The van der Waals surface area contributed by atoms with Crippen molar-refractivity contribution in [3.8, 4) is 0 Å². The summed E-state index contributed by atoms with van der Waals surface area (Å²) in [6.45, 7) is 4.58. The second-order valence-corrected chi connectivity index (χ2v) is 9.80. The summed E-state index contributed by atoms with van der Waals surface area (Å²) in [5.74, 6) is 2.80. The molecule has 0 spiro atoms. The van der Waals surface area contributed by atoms with Gasteiger partial charge < -0.3 is 0 Å². The molecule has 0 nitrogen and oxygen atoms in total. The molecule has 0 saturated carbocycles. The lowest BCUT2D eigenvalue weighted by Gasteiger charge is -2.14. The molecule has 0 radical (unpaired) electrons. The lowest BCUT2D eigenvalue weighted by atomic mass is 10.1. The zero-order chi connectivity index (χ0) is 14.9. The standard InChI is InChI=1S/C18H40S2/c1-3-5-7-9-10-11-12-13-14-16-18-20(19)17-15-8-6-4-2/h19-20H,3-18H2,1-2H3. The molecule has 0 aliphatic heterocycles. The van der Waals surface area contributed by atoms with Gasteiger partial charge in [-0.3, -0.25) is 0 Å². The lowest BCUT2D eigenvalue weighted by Crippen LogP contribution is -1.91. The van der Waals surface area contributed by atoms with Crippen LogP contribution in [0.4, 0.5) is 0 Å². The molecule has 20 heavy (non-hydrogen) atoms. The van der Waals surface area contributed by atoms with E-state index in [1.54, 1.807) is 0 Å². The minimum absolute atomic E-state index is 0.0627. The van der Waals surface area contributed by atoms with Crippen molar-refractivity contribution in [2.45, 2.75) is 104 Å². The van der Waals surface area contributed by atoms with Crippen LogP contribution < -0.4 is 0 Å². The fourth-order valence-electron chi connectivity index (χ4n) is 2.61. The predicted molar refractivity (Wildman–Crippen MR) is 104 cm³/mol. The van der Waals surface area contributed by atoms with Crippen molar-refractivity contribution in [2.75, 3.05) is 11.5 Å². The Bertz CT molecular complexity index is 171. The molecule has 0 aliphatic carbocycles. The number of hydrogen-bond donors (Lipinski definition) is 2. The van der Waals surface area contributed by atoms with Crippen molar-refractivity contribution in [3.05, 3.63) is 0 Å². The van der Waals surface area contributed by atoms with E-state index in [0.717, 1.165) is 0 Å². The minimum atomic E-state index is 0.0627. The Labute approximate surface area is 137 Å². The van der Waals surface area contributed by atoms with Crippen LogP contribution in [-0.4, -0.2) is 11.5 Å². The second-order valence-electron chi connectivity index (χ2n) is 6.20. The first-order chi connectivity index (χ1) is 9.81. The van der Waals surface area contributed by atoms with Crippen molar-refractivity contribution < 1.29 is 0 Å². The lowest BCUT2D eigenvalue weighted by molar-refractivity contribution is 0.563. The second kappa shape index (κ2) is 17.8. The maximum atomic E-state index is 4.79. The highest BCUT2D eigenvalue weighted by Crippen LogP contribution is 2.33. The van der Waals surface area contributed by atoms with Gasteiger partial charge in [0.05, 0.1) is 0 Å². The van der Waals surface area contributed by atoms with Gasteiger partial charge in [0.1, 0.15) is 0 Å². The fourth-order valence-corrected chi connectivity index (χ4v) is 4.86. The Morgan fingerprint density at radius 2 is 0.800 bits per heavy atom. The van der Waals surface area contributed by atoms with Crippen molar-refractivity contribution in [1.29, 1.82) is 0 Å². The smallest absolute Gasteiger partial charge is 0.0170 e. The Hall–Kier alpha value is 0.700. The molecule has 1 atom stereocenters. The Balaban J connectivity index is 3.07. The van der Waals surface area contributed by atoms with Crippen LogP contribution in [0.5, 0.6) is 0 Å². The first kappa shape index (κ1) is 20.7. The van der Waals surface area contributed by atoms with Crippen LogP contribution in [0.15, 0.2) is 0 Å². The van der Waals surface area contributed by atoms with E-state index in [2.05, 4.69) is 13.8 Å². The third-order valence-corrected chi connectivity index (χ3v) is 6.90. The maximum Gasteiger partial charge on any atom is -0.0170 e. The van der Waals surface area contributed by atoms with Crippen LogP contribution in [-0.2, 0) is 0 Å². The molecule has 1 unspecified atom stereocenters. The molecule has 124 valence electrons. The van der Waals surface area contributed by atoms with Gasteiger partial charge in [-0.1, -0.05) is 90.9 Å². The molecule has 0 aliphatic rings. The summed E-state index contributed by atoms with van der Waals surface area (Å²) in [7, 11) is 0.0627. The molecular weight excluding hydrogens is 280 g/mol. The third-order valence-electron chi connectivity index (χ3n) is 4.04. The summed E-state index contributed by atoms with van der Waals surface area (Å²) < 4.78 is 0. The molecule has 0 heterocycles. The summed E-state index contributed by atoms with van der Waals surface area (Å²) >= 11 is 4.79. The number of rotatable bonds is 16. The van der Waals surface area contributed by atoms with Crippen molar-refractivity contribution in [2.24, 2.45) is 0 Å². The van der Waals surface area contributed by atoms with Crippen LogP contribution in [0.25, 0.3) is 0 Å². The van der Waals surface area contributed by atoms with Crippen LogP contribution in [0.2, 0.25) is 0 Å². The third kappa shape index (κ3) is 16.8. The van der Waals surface area contributed by atoms with Gasteiger partial charge in [-0.2, -0.15) is 0 Å². The summed E-state index contributed by atoms with van der Waals surface area (Å²) in [5, 5.41) is 0. The van der Waals surface area contributed by atoms with E-state index < -0.39 is 0 Å². The molecule has 0 aromatic carbocycles. The van der Waals surface area contributed by atoms with Gasteiger partial charge in [-0.25, -0.2) is 9.93 Å².